The first kappa shape index (κ1) is 17.2. The van der Waals surface area contributed by atoms with Crippen LogP contribution in [0.15, 0.2) is 29.3 Å². The molecule has 0 aromatic carbocycles. The second kappa shape index (κ2) is 6.05. The molecule has 146 valence electrons. The Morgan fingerprint density at radius 3 is 2.75 bits per heavy atom. The fourth-order valence-electron chi connectivity index (χ4n) is 4.83. The van der Waals surface area contributed by atoms with Crippen LogP contribution >= 0.6 is 0 Å². The van der Waals surface area contributed by atoms with Gasteiger partial charge in [0.1, 0.15) is 11.2 Å². The molecule has 2 atom stereocenters. The van der Waals surface area contributed by atoms with Gasteiger partial charge in [0.05, 0.1) is 12.7 Å². The van der Waals surface area contributed by atoms with Crippen molar-refractivity contribution < 1.29 is 14.3 Å². The van der Waals surface area contributed by atoms with Crippen LogP contribution in [0.2, 0.25) is 0 Å². The maximum atomic E-state index is 13.0. The van der Waals surface area contributed by atoms with E-state index in [0.29, 0.717) is 43.9 Å². The summed E-state index contributed by atoms with van der Waals surface area (Å²) in [4.78, 5) is 47.2. The smallest absolute Gasteiger partial charge is 0.321 e. The third kappa shape index (κ3) is 2.43. The number of nitrogens with one attached hydrogen (secondary N) is 1. The molecular weight excluding hydrogens is 360 g/mol. The van der Waals surface area contributed by atoms with Crippen LogP contribution in [0.5, 0.6) is 0 Å². The van der Waals surface area contributed by atoms with Crippen LogP contribution in [-0.4, -0.2) is 51.5 Å². The molecule has 2 aromatic rings. The first-order valence-electron chi connectivity index (χ1n) is 9.65. The number of H-pyrrole nitrogens is 1. The predicted molar refractivity (Wildman–Crippen MR) is 99.4 cm³/mol. The highest BCUT2D eigenvalue weighted by Crippen LogP contribution is 2.49. The van der Waals surface area contributed by atoms with Gasteiger partial charge in [0.25, 0.3) is 5.56 Å². The number of carbonyl (C=O) groups excluding carboxylic acids is 2. The van der Waals surface area contributed by atoms with E-state index in [0.717, 1.165) is 12.1 Å². The number of aromatic nitrogens is 3. The molecule has 3 aliphatic rings. The molecule has 2 fully saturated rings. The number of hydrogen-bond acceptors (Lipinski definition) is 5. The minimum atomic E-state index is -0.969. The van der Waals surface area contributed by atoms with Crippen LogP contribution in [0.4, 0.5) is 0 Å². The Kier molecular flexibility index (Phi) is 3.72. The average Bonchev–Trinajstić information content (AvgIpc) is 3.34. The number of methoxy groups -OCH3 is 1. The lowest BCUT2D eigenvalue weighted by molar-refractivity contribution is -0.157. The number of rotatable bonds is 3. The summed E-state index contributed by atoms with van der Waals surface area (Å²) < 4.78 is 6.70. The Balaban J connectivity index is 1.45. The van der Waals surface area contributed by atoms with Crippen LogP contribution in [0.25, 0.3) is 11.4 Å². The maximum absolute atomic E-state index is 13.0. The van der Waals surface area contributed by atoms with Gasteiger partial charge in [-0.1, -0.05) is 0 Å². The SMILES string of the molecule is COC(=O)C1(C(=O)N2C[C@@H]3C[C@H](C2)c2ccc(-c4ncc[nH]4)c(=O)n2C3)CC1. The summed E-state index contributed by atoms with van der Waals surface area (Å²) in [6.45, 7) is 1.69. The highest BCUT2D eigenvalue weighted by atomic mass is 16.5. The molecule has 2 aliphatic heterocycles. The second-order valence-electron chi connectivity index (χ2n) is 8.11. The third-order valence-corrected chi connectivity index (χ3v) is 6.38. The molecule has 1 saturated heterocycles. The maximum Gasteiger partial charge on any atom is 0.321 e. The van der Waals surface area contributed by atoms with Gasteiger partial charge in [-0.05, 0) is 37.3 Å². The fraction of sp³-hybridized carbons (Fsp3) is 0.500. The van der Waals surface area contributed by atoms with E-state index in [1.807, 2.05) is 21.6 Å². The quantitative estimate of drug-likeness (QED) is 0.634. The summed E-state index contributed by atoms with van der Waals surface area (Å²) in [6.07, 6.45) is 5.41. The number of ether oxygens (including phenoxy) is 1. The van der Waals surface area contributed by atoms with Crippen LogP contribution in [-0.2, 0) is 20.9 Å². The number of fused-ring (bicyclic) bond motifs is 4. The summed E-state index contributed by atoms with van der Waals surface area (Å²) in [6, 6.07) is 3.78. The molecule has 1 N–H and O–H groups in total. The van der Waals surface area contributed by atoms with Gasteiger partial charge in [-0.2, -0.15) is 0 Å². The van der Waals surface area contributed by atoms with E-state index in [4.69, 9.17) is 4.74 Å². The van der Waals surface area contributed by atoms with Crippen LogP contribution < -0.4 is 5.56 Å². The van der Waals surface area contributed by atoms with E-state index >= 15 is 0 Å². The number of hydrogen-bond donors (Lipinski definition) is 1. The highest BCUT2D eigenvalue weighted by Gasteiger charge is 2.60. The van der Waals surface area contributed by atoms with E-state index in [1.54, 1.807) is 12.4 Å². The number of pyridine rings is 1. The van der Waals surface area contributed by atoms with E-state index in [9.17, 15) is 14.4 Å². The Bertz CT molecular complexity index is 1010. The van der Waals surface area contributed by atoms with Crippen LogP contribution in [0.1, 0.15) is 30.9 Å². The standard InChI is InChI=1S/C20H22N4O4/c1-28-19(27)20(4-5-20)18(26)23-9-12-8-13(11-23)15-3-2-14(16-21-6-7-22-16)17(25)24(15)10-12/h2-3,6-7,12-13H,4-5,8-11H2,1H3,(H,21,22)/t12-,13+/m0/s1. The molecule has 0 spiro atoms. The molecule has 8 heteroatoms. The van der Waals surface area contributed by atoms with E-state index in [-0.39, 0.29) is 23.3 Å². The molecule has 2 aromatic heterocycles. The van der Waals surface area contributed by atoms with Gasteiger partial charge >= 0.3 is 5.97 Å². The van der Waals surface area contributed by atoms with Gasteiger partial charge in [-0.15, -0.1) is 0 Å². The Hall–Kier alpha value is -2.90. The van der Waals surface area contributed by atoms with Crippen molar-refractivity contribution in [2.75, 3.05) is 20.2 Å². The summed E-state index contributed by atoms with van der Waals surface area (Å²) in [5.41, 5.74) is 0.500. The van der Waals surface area contributed by atoms with Crippen molar-refractivity contribution in [2.45, 2.75) is 31.7 Å². The molecule has 1 amide bonds. The number of amides is 1. The number of carbonyl (C=O) groups is 2. The lowest BCUT2D eigenvalue weighted by Gasteiger charge is -2.43. The molecule has 4 heterocycles. The number of piperidine rings is 1. The van der Waals surface area contributed by atoms with E-state index < -0.39 is 11.4 Å². The van der Waals surface area contributed by atoms with Crippen molar-refractivity contribution in [1.29, 1.82) is 0 Å². The summed E-state index contributed by atoms with van der Waals surface area (Å²) in [5, 5.41) is 0. The lowest BCUT2D eigenvalue weighted by Crippen LogP contribution is -2.52. The first-order valence-corrected chi connectivity index (χ1v) is 9.65. The number of likely N-dealkylation sites (tertiary alicyclic amines) is 1. The normalized spacial score (nSPS) is 24.4. The zero-order chi connectivity index (χ0) is 19.5. The molecule has 0 unspecified atom stereocenters. The minimum absolute atomic E-state index is 0.0462. The topological polar surface area (TPSA) is 97.3 Å². The largest absolute Gasteiger partial charge is 0.468 e. The number of aromatic amines is 1. The second-order valence-corrected chi connectivity index (χ2v) is 8.11. The molecule has 0 radical (unpaired) electrons. The third-order valence-electron chi connectivity index (χ3n) is 6.38. The molecule has 2 bridgehead atoms. The Morgan fingerprint density at radius 2 is 2.07 bits per heavy atom. The van der Waals surface area contributed by atoms with Crippen molar-refractivity contribution in [1.82, 2.24) is 19.4 Å². The van der Waals surface area contributed by atoms with Crippen LogP contribution in [0, 0.1) is 11.3 Å². The van der Waals surface area contributed by atoms with Crippen molar-refractivity contribution >= 4 is 11.9 Å². The van der Waals surface area contributed by atoms with Gasteiger partial charge in [-0.3, -0.25) is 14.4 Å². The van der Waals surface area contributed by atoms with E-state index in [1.165, 1.54) is 7.11 Å². The van der Waals surface area contributed by atoms with Crippen molar-refractivity contribution in [2.24, 2.45) is 11.3 Å². The summed E-state index contributed by atoms with van der Waals surface area (Å²) in [7, 11) is 1.33. The molecule has 28 heavy (non-hydrogen) atoms. The first-order chi connectivity index (χ1) is 13.5. The Morgan fingerprint density at radius 1 is 1.25 bits per heavy atom. The zero-order valence-electron chi connectivity index (χ0n) is 15.7. The van der Waals surface area contributed by atoms with Gasteiger partial charge in [0, 0.05) is 43.6 Å². The van der Waals surface area contributed by atoms with Crippen LogP contribution in [0.3, 0.4) is 0 Å². The van der Waals surface area contributed by atoms with Gasteiger partial charge in [0.15, 0.2) is 0 Å². The fourth-order valence-corrected chi connectivity index (χ4v) is 4.83. The molecule has 8 nitrogen and oxygen atoms in total. The Labute approximate surface area is 161 Å². The van der Waals surface area contributed by atoms with Crippen molar-refractivity contribution in [3.05, 3.63) is 40.6 Å². The molecular formula is C20H22N4O4. The van der Waals surface area contributed by atoms with Gasteiger partial charge in [0.2, 0.25) is 5.91 Å². The monoisotopic (exact) mass is 382 g/mol. The molecule has 1 aliphatic carbocycles. The highest BCUT2D eigenvalue weighted by molar-refractivity contribution is 6.05. The predicted octanol–water partition coefficient (Wildman–Crippen LogP) is 1.14. The summed E-state index contributed by atoms with van der Waals surface area (Å²) in [5.74, 6) is 0.336. The zero-order valence-corrected chi connectivity index (χ0v) is 15.7. The van der Waals surface area contributed by atoms with Gasteiger partial charge in [-0.25, -0.2) is 4.98 Å². The van der Waals surface area contributed by atoms with Crippen molar-refractivity contribution in [3.63, 3.8) is 0 Å². The molecule has 5 rings (SSSR count). The van der Waals surface area contributed by atoms with E-state index in [2.05, 4.69) is 9.97 Å². The molecule has 1 saturated carbocycles. The number of nitrogens with zero attached hydrogens (tertiary/aromatic N) is 3. The average molecular weight is 382 g/mol. The number of imidazole rings is 1. The minimum Gasteiger partial charge on any atom is -0.468 e. The van der Waals surface area contributed by atoms with Gasteiger partial charge < -0.3 is 19.2 Å². The summed E-state index contributed by atoms with van der Waals surface area (Å²) >= 11 is 0. The van der Waals surface area contributed by atoms with Crippen molar-refractivity contribution in [3.8, 4) is 11.4 Å². The number of esters is 1. The lowest BCUT2D eigenvalue weighted by atomic mass is 9.82.